The van der Waals surface area contributed by atoms with Crippen LogP contribution in [0.4, 0.5) is 11.4 Å². The van der Waals surface area contributed by atoms with Gasteiger partial charge in [-0.05, 0) is 54.8 Å². The van der Waals surface area contributed by atoms with E-state index in [1.165, 1.54) is 43.5 Å². The van der Waals surface area contributed by atoms with Gasteiger partial charge in [0.1, 0.15) is 12.4 Å². The Morgan fingerprint density at radius 2 is 1.68 bits per heavy atom. The Bertz CT molecular complexity index is 1360. The molecule has 0 aliphatic carbocycles. The van der Waals surface area contributed by atoms with Crippen molar-refractivity contribution < 1.29 is 28.9 Å². The van der Waals surface area contributed by atoms with Crippen LogP contribution in [-0.4, -0.2) is 48.0 Å². The maximum absolute atomic E-state index is 13.7. The highest BCUT2D eigenvalue weighted by atomic mass is 16.6. The van der Waals surface area contributed by atoms with E-state index in [9.17, 15) is 25.0 Å². The third-order valence-electron chi connectivity index (χ3n) is 6.45. The summed E-state index contributed by atoms with van der Waals surface area (Å²) in [6.07, 6.45) is 0.531. The van der Waals surface area contributed by atoms with Crippen LogP contribution in [0.2, 0.25) is 0 Å². The van der Waals surface area contributed by atoms with Gasteiger partial charge in [-0.25, -0.2) is 0 Å². The summed E-state index contributed by atoms with van der Waals surface area (Å²) in [5.41, 5.74) is 2.07. The Balaban J connectivity index is 1.72. The molecule has 1 heterocycles. The summed E-state index contributed by atoms with van der Waals surface area (Å²) in [4.78, 5) is 36.8. The molecular formula is C26H25N3O8. The molecule has 0 N–H and O–H groups in total. The quantitative estimate of drug-likeness (QED) is 0.318. The average Bonchev–Trinajstić information content (AvgIpc) is 2.90. The molecule has 0 fully saturated rings. The van der Waals surface area contributed by atoms with Crippen molar-refractivity contribution >= 4 is 17.3 Å². The topological polar surface area (TPSA) is 134 Å². The molecule has 3 aromatic rings. The summed E-state index contributed by atoms with van der Waals surface area (Å²) in [6.45, 7) is 1.94. The van der Waals surface area contributed by atoms with E-state index in [4.69, 9.17) is 14.2 Å². The van der Waals surface area contributed by atoms with Crippen molar-refractivity contribution in [2.45, 2.75) is 19.4 Å². The Hall–Kier alpha value is -4.67. The minimum absolute atomic E-state index is 0.0417. The molecule has 11 heteroatoms. The number of rotatable bonds is 8. The molecule has 1 aliphatic heterocycles. The van der Waals surface area contributed by atoms with Gasteiger partial charge < -0.3 is 19.1 Å². The molecule has 37 heavy (non-hydrogen) atoms. The van der Waals surface area contributed by atoms with E-state index in [1.807, 2.05) is 6.07 Å². The number of non-ortho nitro benzene ring substituents is 1. The standard InChI is InChI=1S/C26H25N3O8/c1-16-20(5-4-6-22(16)29(33)34)26(30)27-12-11-17-13-24(35-2)25(36-3)14-21(17)23(27)15-37-19-9-7-18(8-10-19)28(31)32/h4-10,13-14,23H,11-12,15H2,1-3H3. The first-order valence-electron chi connectivity index (χ1n) is 11.4. The first-order valence-corrected chi connectivity index (χ1v) is 11.4. The Kier molecular flexibility index (Phi) is 7.23. The number of nitrogens with zero attached hydrogens (tertiary/aromatic N) is 3. The van der Waals surface area contributed by atoms with Crippen LogP contribution in [0, 0.1) is 27.2 Å². The van der Waals surface area contributed by atoms with Crippen molar-refractivity contribution in [3.8, 4) is 17.2 Å². The van der Waals surface area contributed by atoms with E-state index in [0.29, 0.717) is 30.2 Å². The van der Waals surface area contributed by atoms with Gasteiger partial charge in [0, 0.05) is 35.9 Å². The lowest BCUT2D eigenvalue weighted by Gasteiger charge is -2.38. The number of nitro groups is 2. The zero-order chi connectivity index (χ0) is 26.7. The average molecular weight is 507 g/mol. The molecule has 1 unspecified atom stereocenters. The van der Waals surface area contributed by atoms with Crippen LogP contribution in [0.3, 0.4) is 0 Å². The van der Waals surface area contributed by atoms with Gasteiger partial charge in [0.2, 0.25) is 0 Å². The number of methoxy groups -OCH3 is 2. The molecule has 0 saturated carbocycles. The number of hydrogen-bond acceptors (Lipinski definition) is 8. The molecule has 0 radical (unpaired) electrons. The van der Waals surface area contributed by atoms with E-state index >= 15 is 0 Å². The van der Waals surface area contributed by atoms with Crippen LogP contribution in [0.15, 0.2) is 54.6 Å². The number of hydrogen-bond donors (Lipinski definition) is 0. The van der Waals surface area contributed by atoms with Gasteiger partial charge in [-0.3, -0.25) is 25.0 Å². The van der Waals surface area contributed by atoms with Crippen LogP contribution in [0.25, 0.3) is 0 Å². The lowest BCUT2D eigenvalue weighted by atomic mass is 9.91. The maximum Gasteiger partial charge on any atom is 0.273 e. The van der Waals surface area contributed by atoms with E-state index < -0.39 is 15.9 Å². The lowest BCUT2D eigenvalue weighted by molar-refractivity contribution is -0.385. The van der Waals surface area contributed by atoms with Crippen LogP contribution in [0.5, 0.6) is 17.2 Å². The number of fused-ring (bicyclic) bond motifs is 1. The van der Waals surface area contributed by atoms with E-state index in [1.54, 1.807) is 31.1 Å². The normalized spacial score (nSPS) is 14.5. The second-order valence-corrected chi connectivity index (χ2v) is 8.44. The first-order chi connectivity index (χ1) is 17.7. The summed E-state index contributed by atoms with van der Waals surface area (Å²) in [6, 6.07) is 13.2. The molecule has 192 valence electrons. The van der Waals surface area contributed by atoms with Crippen LogP contribution < -0.4 is 14.2 Å². The highest BCUT2D eigenvalue weighted by Crippen LogP contribution is 2.39. The van der Waals surface area contributed by atoms with Crippen LogP contribution in [0.1, 0.15) is 33.1 Å². The van der Waals surface area contributed by atoms with Gasteiger partial charge in [-0.15, -0.1) is 0 Å². The zero-order valence-corrected chi connectivity index (χ0v) is 20.5. The monoisotopic (exact) mass is 507 g/mol. The molecule has 0 saturated heterocycles. The SMILES string of the molecule is COc1cc2c(cc1OC)C(COc1ccc([N+](=O)[O-])cc1)N(C(=O)c1cccc([N+](=O)[O-])c1C)CC2. The molecule has 1 amide bonds. The zero-order valence-electron chi connectivity index (χ0n) is 20.5. The highest BCUT2D eigenvalue weighted by Gasteiger charge is 2.34. The van der Waals surface area contributed by atoms with Gasteiger partial charge in [0.05, 0.1) is 30.1 Å². The fourth-order valence-corrected chi connectivity index (χ4v) is 4.50. The van der Waals surface area contributed by atoms with Gasteiger partial charge in [-0.1, -0.05) is 6.07 Å². The Morgan fingerprint density at radius 1 is 1.00 bits per heavy atom. The largest absolute Gasteiger partial charge is 0.493 e. The Morgan fingerprint density at radius 3 is 2.30 bits per heavy atom. The molecule has 4 rings (SSSR count). The number of carbonyl (C=O) groups excluding carboxylic acids is 1. The minimum atomic E-state index is -0.565. The molecule has 0 spiro atoms. The van der Waals surface area contributed by atoms with Crippen molar-refractivity contribution in [3.05, 3.63) is 97.1 Å². The van der Waals surface area contributed by atoms with Gasteiger partial charge in [-0.2, -0.15) is 0 Å². The van der Waals surface area contributed by atoms with Crippen molar-refractivity contribution in [2.75, 3.05) is 27.4 Å². The van der Waals surface area contributed by atoms with E-state index in [2.05, 4.69) is 0 Å². The van der Waals surface area contributed by atoms with Crippen LogP contribution in [-0.2, 0) is 6.42 Å². The summed E-state index contributed by atoms with van der Waals surface area (Å²) in [7, 11) is 3.06. The van der Waals surface area contributed by atoms with Crippen molar-refractivity contribution in [3.63, 3.8) is 0 Å². The number of ether oxygens (including phenoxy) is 3. The fourth-order valence-electron chi connectivity index (χ4n) is 4.50. The lowest BCUT2D eigenvalue weighted by Crippen LogP contribution is -2.42. The Labute approximate surface area is 212 Å². The van der Waals surface area contributed by atoms with Crippen molar-refractivity contribution in [1.82, 2.24) is 4.90 Å². The third kappa shape index (κ3) is 5.01. The molecule has 11 nitrogen and oxygen atoms in total. The second-order valence-electron chi connectivity index (χ2n) is 8.44. The van der Waals surface area contributed by atoms with Gasteiger partial charge >= 0.3 is 0 Å². The summed E-state index contributed by atoms with van der Waals surface area (Å²) in [5.74, 6) is 1.09. The van der Waals surface area contributed by atoms with Gasteiger partial charge in [0.15, 0.2) is 11.5 Å². The second kappa shape index (κ2) is 10.5. The molecule has 3 aromatic carbocycles. The van der Waals surface area contributed by atoms with Crippen molar-refractivity contribution in [2.24, 2.45) is 0 Å². The fraction of sp³-hybridized carbons (Fsp3) is 0.269. The summed E-state index contributed by atoms with van der Waals surface area (Å²) in [5, 5.41) is 22.4. The van der Waals surface area contributed by atoms with E-state index in [0.717, 1.165) is 11.1 Å². The predicted molar refractivity (Wildman–Crippen MR) is 133 cm³/mol. The van der Waals surface area contributed by atoms with Gasteiger partial charge in [0.25, 0.3) is 17.3 Å². The number of amides is 1. The minimum Gasteiger partial charge on any atom is -0.493 e. The summed E-state index contributed by atoms with van der Waals surface area (Å²) < 4.78 is 16.9. The smallest absolute Gasteiger partial charge is 0.273 e. The molecule has 1 aliphatic rings. The summed E-state index contributed by atoms with van der Waals surface area (Å²) >= 11 is 0. The first kappa shape index (κ1) is 25.4. The number of nitro benzene ring substituents is 2. The van der Waals surface area contributed by atoms with Crippen molar-refractivity contribution in [1.29, 1.82) is 0 Å². The number of carbonyl (C=O) groups is 1. The van der Waals surface area contributed by atoms with Crippen LogP contribution >= 0.6 is 0 Å². The third-order valence-corrected chi connectivity index (χ3v) is 6.45. The highest BCUT2D eigenvalue weighted by molar-refractivity contribution is 5.97. The molecule has 0 aromatic heterocycles. The molecule has 0 bridgehead atoms. The maximum atomic E-state index is 13.7. The van der Waals surface area contributed by atoms with E-state index in [-0.39, 0.29) is 35.0 Å². The molecular weight excluding hydrogens is 482 g/mol. The molecule has 1 atom stereocenters. The predicted octanol–water partition coefficient (Wildman–Crippen LogP) is 4.65. The number of benzene rings is 3.